The first-order chi connectivity index (χ1) is 15.9. The second-order valence-electron chi connectivity index (χ2n) is 7.68. The smallest absolute Gasteiger partial charge is 0.254 e. The molecule has 0 aromatic heterocycles. The summed E-state index contributed by atoms with van der Waals surface area (Å²) >= 11 is 5.19. The fourth-order valence-electron chi connectivity index (χ4n) is 3.62. The fraction of sp³-hybridized carbons (Fsp3) is 0.375. The number of hydrogen-bond acceptors (Lipinski definition) is 6. The van der Waals surface area contributed by atoms with Crippen molar-refractivity contribution >= 4 is 40.5 Å². The van der Waals surface area contributed by atoms with Gasteiger partial charge in [0.15, 0.2) is 5.11 Å². The Morgan fingerprint density at radius 1 is 0.970 bits per heavy atom. The van der Waals surface area contributed by atoms with Crippen LogP contribution in [0.3, 0.4) is 0 Å². The lowest BCUT2D eigenvalue weighted by Gasteiger charge is -2.36. The van der Waals surface area contributed by atoms with E-state index in [-0.39, 0.29) is 11.8 Å². The Balaban J connectivity index is 1.55. The van der Waals surface area contributed by atoms with Crippen molar-refractivity contribution < 1.29 is 19.1 Å². The first-order valence-corrected chi connectivity index (χ1v) is 11.3. The highest BCUT2D eigenvalue weighted by molar-refractivity contribution is 7.80. The van der Waals surface area contributed by atoms with Crippen molar-refractivity contribution in [3.63, 3.8) is 0 Å². The van der Waals surface area contributed by atoms with Crippen molar-refractivity contribution in [3.8, 4) is 11.5 Å². The first-order valence-electron chi connectivity index (χ1n) is 10.9. The van der Waals surface area contributed by atoms with Gasteiger partial charge < -0.3 is 29.9 Å². The van der Waals surface area contributed by atoms with Gasteiger partial charge in [-0.25, -0.2) is 0 Å². The summed E-state index contributed by atoms with van der Waals surface area (Å²) in [7, 11) is 3.14. The van der Waals surface area contributed by atoms with Crippen molar-refractivity contribution in [3.05, 3.63) is 48.0 Å². The molecule has 0 atom stereocenters. The minimum atomic E-state index is -0.0913. The van der Waals surface area contributed by atoms with Crippen molar-refractivity contribution in [2.45, 2.75) is 19.8 Å². The number of nitrogens with zero attached hydrogens (tertiary/aromatic N) is 2. The van der Waals surface area contributed by atoms with E-state index in [1.807, 2.05) is 36.1 Å². The molecule has 0 unspecified atom stereocenters. The molecule has 0 spiro atoms. The number of piperazine rings is 1. The number of rotatable bonds is 7. The molecule has 9 heteroatoms. The third kappa shape index (κ3) is 6.58. The maximum atomic E-state index is 13.0. The molecular formula is C24H30N4O4S. The molecule has 0 radical (unpaired) electrons. The van der Waals surface area contributed by atoms with Crippen LogP contribution in [0.15, 0.2) is 42.5 Å². The summed E-state index contributed by atoms with van der Waals surface area (Å²) in [6, 6.07) is 13.1. The maximum Gasteiger partial charge on any atom is 0.254 e. The Bertz CT molecular complexity index is 966. The summed E-state index contributed by atoms with van der Waals surface area (Å²) in [6.07, 6.45) is 1.22. The molecule has 1 fully saturated rings. The summed E-state index contributed by atoms with van der Waals surface area (Å²) in [4.78, 5) is 28.7. The second kappa shape index (κ2) is 11.5. The molecular weight excluding hydrogens is 440 g/mol. The number of amides is 2. The zero-order valence-electron chi connectivity index (χ0n) is 19.2. The number of carbonyl (C=O) groups is 2. The Morgan fingerprint density at radius 2 is 1.58 bits per heavy atom. The molecule has 0 aliphatic carbocycles. The average Bonchev–Trinajstić information content (AvgIpc) is 2.83. The van der Waals surface area contributed by atoms with Gasteiger partial charge in [0, 0.05) is 55.6 Å². The lowest BCUT2D eigenvalue weighted by atomic mass is 10.1. The predicted molar refractivity (Wildman–Crippen MR) is 133 cm³/mol. The average molecular weight is 471 g/mol. The number of thiocarbonyl (C=S) groups is 1. The molecule has 2 N–H and O–H groups in total. The van der Waals surface area contributed by atoms with Crippen LogP contribution < -0.4 is 25.0 Å². The quantitative estimate of drug-likeness (QED) is 0.601. The molecule has 2 aromatic rings. The summed E-state index contributed by atoms with van der Waals surface area (Å²) in [5, 5.41) is 5.99. The molecule has 0 saturated carbocycles. The predicted octanol–water partition coefficient (Wildman–Crippen LogP) is 3.28. The largest absolute Gasteiger partial charge is 0.497 e. The number of nitrogens with one attached hydrogen (secondary N) is 2. The Kier molecular flexibility index (Phi) is 8.48. The SMILES string of the molecule is CCCC(=O)NC(=S)Nc1ccc(N2CCN(C(=O)c3cc(OC)cc(OC)c3)CC2)cc1. The topological polar surface area (TPSA) is 83.1 Å². The molecule has 3 rings (SSSR count). The molecule has 0 bridgehead atoms. The fourth-order valence-corrected chi connectivity index (χ4v) is 3.85. The lowest BCUT2D eigenvalue weighted by Crippen LogP contribution is -2.48. The van der Waals surface area contributed by atoms with Crippen LogP contribution in [0.4, 0.5) is 11.4 Å². The third-order valence-corrected chi connectivity index (χ3v) is 5.59. The van der Waals surface area contributed by atoms with Crippen LogP contribution in [-0.2, 0) is 4.79 Å². The Hall–Kier alpha value is -3.33. The van der Waals surface area contributed by atoms with E-state index in [0.717, 1.165) is 30.9 Å². The van der Waals surface area contributed by atoms with Crippen LogP contribution in [0.2, 0.25) is 0 Å². The van der Waals surface area contributed by atoms with Crippen LogP contribution in [0, 0.1) is 0 Å². The summed E-state index contributed by atoms with van der Waals surface area (Å²) in [6.45, 7) is 4.63. The van der Waals surface area contributed by atoms with Gasteiger partial charge in [-0.15, -0.1) is 0 Å². The number of anilines is 2. The van der Waals surface area contributed by atoms with Crippen molar-refractivity contribution in [1.29, 1.82) is 0 Å². The van der Waals surface area contributed by atoms with Crippen LogP contribution in [0.25, 0.3) is 0 Å². The lowest BCUT2D eigenvalue weighted by molar-refractivity contribution is -0.119. The molecule has 1 aliphatic heterocycles. The summed E-state index contributed by atoms with van der Waals surface area (Å²) < 4.78 is 10.6. The first kappa shape index (κ1) is 24.3. The number of methoxy groups -OCH3 is 2. The van der Waals surface area contributed by atoms with Crippen LogP contribution >= 0.6 is 12.2 Å². The van der Waals surface area contributed by atoms with Gasteiger partial charge >= 0.3 is 0 Å². The standard InChI is InChI=1S/C24H30N4O4S/c1-4-5-22(29)26-24(33)25-18-6-8-19(9-7-18)27-10-12-28(13-11-27)23(30)17-14-20(31-2)16-21(15-17)32-3/h6-9,14-16H,4-5,10-13H2,1-3H3,(H2,25,26,29,33). The number of ether oxygens (including phenoxy) is 2. The molecule has 2 amide bonds. The highest BCUT2D eigenvalue weighted by atomic mass is 32.1. The van der Waals surface area contributed by atoms with Crippen LogP contribution in [0.5, 0.6) is 11.5 Å². The highest BCUT2D eigenvalue weighted by Crippen LogP contribution is 2.25. The van der Waals surface area contributed by atoms with Gasteiger partial charge in [0.05, 0.1) is 14.2 Å². The molecule has 1 saturated heterocycles. The number of carbonyl (C=O) groups excluding carboxylic acids is 2. The number of hydrogen-bond donors (Lipinski definition) is 2. The molecule has 176 valence electrons. The second-order valence-corrected chi connectivity index (χ2v) is 8.09. The van der Waals surface area contributed by atoms with Crippen LogP contribution in [-0.4, -0.2) is 62.2 Å². The zero-order valence-corrected chi connectivity index (χ0v) is 20.0. The zero-order chi connectivity index (χ0) is 23.8. The monoisotopic (exact) mass is 470 g/mol. The van der Waals surface area contributed by atoms with Crippen molar-refractivity contribution in [2.75, 3.05) is 50.6 Å². The van der Waals surface area contributed by atoms with Crippen LogP contribution in [0.1, 0.15) is 30.1 Å². The van der Waals surface area contributed by atoms with E-state index in [4.69, 9.17) is 21.7 Å². The molecule has 2 aromatic carbocycles. The van der Waals surface area contributed by atoms with E-state index in [1.165, 1.54) is 0 Å². The van der Waals surface area contributed by atoms with Gasteiger partial charge in [0.2, 0.25) is 5.91 Å². The minimum Gasteiger partial charge on any atom is -0.497 e. The van der Waals surface area contributed by atoms with Gasteiger partial charge in [-0.05, 0) is 55.0 Å². The van der Waals surface area contributed by atoms with Gasteiger partial charge in [0.25, 0.3) is 5.91 Å². The minimum absolute atomic E-state index is 0.0370. The number of benzene rings is 2. The third-order valence-electron chi connectivity index (χ3n) is 5.39. The van der Waals surface area contributed by atoms with Gasteiger partial charge in [-0.3, -0.25) is 9.59 Å². The van der Waals surface area contributed by atoms with Crippen molar-refractivity contribution in [1.82, 2.24) is 10.2 Å². The maximum absolute atomic E-state index is 13.0. The van der Waals surface area contributed by atoms with Gasteiger partial charge in [0.1, 0.15) is 11.5 Å². The molecule has 8 nitrogen and oxygen atoms in total. The van der Waals surface area contributed by atoms with E-state index >= 15 is 0 Å². The van der Waals surface area contributed by atoms with E-state index in [9.17, 15) is 9.59 Å². The summed E-state index contributed by atoms with van der Waals surface area (Å²) in [5.41, 5.74) is 2.43. The van der Waals surface area contributed by atoms with E-state index < -0.39 is 0 Å². The Labute approximate surface area is 199 Å². The molecule has 1 heterocycles. The van der Waals surface area contributed by atoms with E-state index in [1.54, 1.807) is 32.4 Å². The molecule has 1 aliphatic rings. The van der Waals surface area contributed by atoms with Crippen molar-refractivity contribution in [2.24, 2.45) is 0 Å². The van der Waals surface area contributed by atoms with Gasteiger partial charge in [-0.2, -0.15) is 0 Å². The van der Waals surface area contributed by atoms with E-state index in [2.05, 4.69) is 15.5 Å². The Morgan fingerprint density at radius 3 is 2.12 bits per heavy atom. The highest BCUT2D eigenvalue weighted by Gasteiger charge is 2.23. The normalized spacial score (nSPS) is 13.3. The molecule has 33 heavy (non-hydrogen) atoms. The summed E-state index contributed by atoms with van der Waals surface area (Å²) in [5.74, 6) is 1.06. The van der Waals surface area contributed by atoms with E-state index in [0.29, 0.717) is 41.7 Å². The van der Waals surface area contributed by atoms with Gasteiger partial charge in [-0.1, -0.05) is 6.92 Å².